The number of carbonyl (C=O) groups excluding carboxylic acids is 1. The Morgan fingerprint density at radius 3 is 2.56 bits per heavy atom. The van der Waals surface area contributed by atoms with E-state index in [1.165, 1.54) is 0 Å². The molecule has 25 heavy (non-hydrogen) atoms. The molecule has 1 heterocycles. The lowest BCUT2D eigenvalue weighted by Crippen LogP contribution is -2.34. The van der Waals surface area contributed by atoms with Crippen molar-refractivity contribution < 1.29 is 13.2 Å². The van der Waals surface area contributed by atoms with E-state index in [9.17, 15) is 18.0 Å². The van der Waals surface area contributed by atoms with Crippen LogP contribution in [0.2, 0.25) is 0 Å². The topological polar surface area (TPSA) is 108 Å². The SMILES string of the molecule is Cc1cc(-c2cccc(C(=O)NCCNS(C)(=O)=O)c2)c(=O)[nH]c1C. The average Bonchev–Trinajstić information content (AvgIpc) is 2.54. The summed E-state index contributed by atoms with van der Waals surface area (Å²) in [4.78, 5) is 27.1. The van der Waals surface area contributed by atoms with Crippen LogP contribution in [0.1, 0.15) is 21.6 Å². The fourth-order valence-electron chi connectivity index (χ4n) is 2.28. The third kappa shape index (κ3) is 5.27. The molecule has 0 spiro atoms. The summed E-state index contributed by atoms with van der Waals surface area (Å²) >= 11 is 0. The van der Waals surface area contributed by atoms with E-state index in [0.29, 0.717) is 16.7 Å². The Morgan fingerprint density at radius 2 is 1.88 bits per heavy atom. The number of amides is 1. The number of carbonyl (C=O) groups is 1. The molecule has 2 aromatic rings. The van der Waals surface area contributed by atoms with Crippen LogP contribution in [0.3, 0.4) is 0 Å². The standard InChI is InChI=1S/C17H21N3O4S/c1-11-9-15(17(22)20-12(11)2)13-5-4-6-14(10-13)16(21)18-7-8-19-25(3,23)24/h4-6,9-10,19H,7-8H2,1-3H3,(H,18,21)(H,20,22). The van der Waals surface area contributed by atoms with Crippen LogP contribution < -0.4 is 15.6 Å². The van der Waals surface area contributed by atoms with Gasteiger partial charge in [0.15, 0.2) is 0 Å². The first-order valence-corrected chi connectivity index (χ1v) is 9.60. The molecule has 0 atom stereocenters. The molecule has 8 heteroatoms. The number of hydrogen-bond acceptors (Lipinski definition) is 4. The van der Waals surface area contributed by atoms with Gasteiger partial charge >= 0.3 is 0 Å². The Labute approximate surface area is 146 Å². The van der Waals surface area contributed by atoms with Gasteiger partial charge in [0.25, 0.3) is 11.5 Å². The highest BCUT2D eigenvalue weighted by Gasteiger charge is 2.10. The summed E-state index contributed by atoms with van der Waals surface area (Å²) in [5.41, 5.74) is 3.09. The highest BCUT2D eigenvalue weighted by Crippen LogP contribution is 2.18. The van der Waals surface area contributed by atoms with E-state index >= 15 is 0 Å². The Morgan fingerprint density at radius 1 is 1.16 bits per heavy atom. The number of rotatable bonds is 6. The summed E-state index contributed by atoms with van der Waals surface area (Å²) in [6.45, 7) is 4.01. The van der Waals surface area contributed by atoms with Crippen LogP contribution in [0.15, 0.2) is 35.1 Å². The van der Waals surface area contributed by atoms with E-state index in [2.05, 4.69) is 15.0 Å². The van der Waals surface area contributed by atoms with Crippen molar-refractivity contribution in [1.29, 1.82) is 0 Å². The van der Waals surface area contributed by atoms with Gasteiger partial charge in [-0.2, -0.15) is 0 Å². The van der Waals surface area contributed by atoms with Gasteiger partial charge in [-0.15, -0.1) is 0 Å². The molecule has 1 aromatic heterocycles. The number of nitrogens with one attached hydrogen (secondary N) is 3. The highest BCUT2D eigenvalue weighted by atomic mass is 32.2. The number of aromatic amines is 1. The summed E-state index contributed by atoms with van der Waals surface area (Å²) < 4.78 is 24.2. The summed E-state index contributed by atoms with van der Waals surface area (Å²) in [7, 11) is -3.28. The van der Waals surface area contributed by atoms with Crippen LogP contribution in [0, 0.1) is 13.8 Å². The van der Waals surface area contributed by atoms with E-state index in [0.717, 1.165) is 17.5 Å². The lowest BCUT2D eigenvalue weighted by molar-refractivity contribution is 0.0954. The molecular formula is C17H21N3O4S. The Bertz CT molecular complexity index is 949. The van der Waals surface area contributed by atoms with Gasteiger partial charge in [-0.05, 0) is 43.2 Å². The maximum absolute atomic E-state index is 12.2. The zero-order valence-electron chi connectivity index (χ0n) is 14.3. The number of aryl methyl sites for hydroxylation is 2. The molecule has 0 bridgehead atoms. The summed E-state index contributed by atoms with van der Waals surface area (Å²) in [5, 5.41) is 2.63. The van der Waals surface area contributed by atoms with Crippen LogP contribution >= 0.6 is 0 Å². The van der Waals surface area contributed by atoms with E-state index < -0.39 is 10.0 Å². The molecule has 1 amide bonds. The van der Waals surface area contributed by atoms with Crippen molar-refractivity contribution in [3.8, 4) is 11.1 Å². The predicted octanol–water partition coefficient (Wildman–Crippen LogP) is 0.938. The van der Waals surface area contributed by atoms with Gasteiger partial charge in [0.2, 0.25) is 10.0 Å². The molecule has 2 rings (SSSR count). The van der Waals surface area contributed by atoms with Crippen molar-refractivity contribution in [3.05, 3.63) is 57.5 Å². The Balaban J connectivity index is 2.15. The maximum Gasteiger partial charge on any atom is 0.256 e. The molecule has 0 aliphatic heterocycles. The second kappa shape index (κ2) is 7.62. The fraction of sp³-hybridized carbons (Fsp3) is 0.294. The van der Waals surface area contributed by atoms with Crippen molar-refractivity contribution in [2.24, 2.45) is 0 Å². The number of pyridine rings is 1. The smallest absolute Gasteiger partial charge is 0.256 e. The quantitative estimate of drug-likeness (QED) is 0.664. The zero-order valence-corrected chi connectivity index (χ0v) is 15.2. The van der Waals surface area contributed by atoms with Crippen molar-refractivity contribution in [2.45, 2.75) is 13.8 Å². The number of aromatic nitrogens is 1. The Hall–Kier alpha value is -2.45. The summed E-state index contributed by atoms with van der Waals surface area (Å²) in [6, 6.07) is 8.53. The molecule has 134 valence electrons. The predicted molar refractivity (Wildman–Crippen MR) is 97.2 cm³/mol. The number of hydrogen-bond donors (Lipinski definition) is 3. The van der Waals surface area contributed by atoms with Crippen molar-refractivity contribution in [2.75, 3.05) is 19.3 Å². The minimum Gasteiger partial charge on any atom is -0.351 e. The van der Waals surface area contributed by atoms with Gasteiger partial charge in [0.1, 0.15) is 0 Å². The van der Waals surface area contributed by atoms with E-state index in [-0.39, 0.29) is 24.6 Å². The third-order valence-corrected chi connectivity index (χ3v) is 4.44. The van der Waals surface area contributed by atoms with Crippen LogP contribution in [0.4, 0.5) is 0 Å². The van der Waals surface area contributed by atoms with Crippen molar-refractivity contribution in [3.63, 3.8) is 0 Å². The van der Waals surface area contributed by atoms with E-state index in [1.54, 1.807) is 30.3 Å². The molecule has 0 saturated carbocycles. The van der Waals surface area contributed by atoms with Gasteiger partial charge in [-0.1, -0.05) is 12.1 Å². The first-order valence-electron chi connectivity index (χ1n) is 7.71. The van der Waals surface area contributed by atoms with Gasteiger partial charge in [-0.3, -0.25) is 9.59 Å². The molecule has 0 aliphatic rings. The molecule has 0 saturated heterocycles. The fourth-order valence-corrected chi connectivity index (χ4v) is 2.76. The number of sulfonamides is 1. The van der Waals surface area contributed by atoms with Gasteiger partial charge in [0.05, 0.1) is 6.26 Å². The zero-order chi connectivity index (χ0) is 18.6. The summed E-state index contributed by atoms with van der Waals surface area (Å²) in [6.07, 6.45) is 1.05. The van der Waals surface area contributed by atoms with Gasteiger partial charge in [0, 0.05) is 29.9 Å². The van der Waals surface area contributed by atoms with Gasteiger partial charge < -0.3 is 10.3 Å². The molecule has 7 nitrogen and oxygen atoms in total. The normalized spacial score (nSPS) is 11.3. The minimum atomic E-state index is -3.28. The van der Waals surface area contributed by atoms with E-state index in [1.807, 2.05) is 13.8 Å². The molecule has 1 aromatic carbocycles. The molecule has 0 radical (unpaired) electrons. The van der Waals surface area contributed by atoms with Crippen LogP contribution in [-0.2, 0) is 10.0 Å². The molecule has 0 fully saturated rings. The molecule has 0 unspecified atom stereocenters. The van der Waals surface area contributed by atoms with E-state index in [4.69, 9.17) is 0 Å². The second-order valence-corrected chi connectivity index (χ2v) is 7.66. The van der Waals surface area contributed by atoms with Crippen LogP contribution in [-0.4, -0.2) is 38.7 Å². The highest BCUT2D eigenvalue weighted by molar-refractivity contribution is 7.88. The van der Waals surface area contributed by atoms with Crippen molar-refractivity contribution >= 4 is 15.9 Å². The first-order chi connectivity index (χ1) is 11.7. The third-order valence-electron chi connectivity index (χ3n) is 3.71. The van der Waals surface area contributed by atoms with Crippen molar-refractivity contribution in [1.82, 2.24) is 15.0 Å². The Kier molecular flexibility index (Phi) is 5.76. The molecular weight excluding hydrogens is 342 g/mol. The largest absolute Gasteiger partial charge is 0.351 e. The second-order valence-electron chi connectivity index (χ2n) is 5.82. The van der Waals surface area contributed by atoms with Crippen LogP contribution in [0.25, 0.3) is 11.1 Å². The lowest BCUT2D eigenvalue weighted by Gasteiger charge is -2.08. The number of benzene rings is 1. The number of H-pyrrole nitrogens is 1. The molecule has 3 N–H and O–H groups in total. The average molecular weight is 363 g/mol. The first kappa shape index (κ1) is 18.9. The van der Waals surface area contributed by atoms with Crippen LogP contribution in [0.5, 0.6) is 0 Å². The van der Waals surface area contributed by atoms with Gasteiger partial charge in [-0.25, -0.2) is 13.1 Å². The minimum absolute atomic E-state index is 0.112. The monoisotopic (exact) mass is 363 g/mol. The maximum atomic E-state index is 12.2. The summed E-state index contributed by atoms with van der Waals surface area (Å²) in [5.74, 6) is -0.336. The lowest BCUT2D eigenvalue weighted by atomic mass is 10.0. The molecule has 0 aliphatic carbocycles.